The molecule has 0 bridgehead atoms. The molecule has 0 atom stereocenters. The molecule has 1 heterocycles. The second-order valence-corrected chi connectivity index (χ2v) is 11.0. The number of thioether (sulfide) groups is 3. The van der Waals surface area contributed by atoms with E-state index >= 15 is 0 Å². The maximum absolute atomic E-state index is 12.7. The largest absolute Gasteiger partial charge is 0.307 e. The Hall–Kier alpha value is -0.540. The average Bonchev–Trinajstić information content (AvgIpc) is 2.76. The van der Waals surface area contributed by atoms with Crippen LogP contribution in [0.15, 0.2) is 0 Å². The lowest BCUT2D eigenvalue weighted by Gasteiger charge is -2.42. The van der Waals surface area contributed by atoms with Crippen LogP contribution in [0.3, 0.4) is 0 Å². The molecule has 30 heavy (non-hydrogen) atoms. The van der Waals surface area contributed by atoms with Crippen molar-refractivity contribution in [1.29, 1.82) is 0 Å². The minimum absolute atomic E-state index is 0.0228. The number of amides is 3. The standard InChI is InChI=1S/C21H39N3O3S3/c1-4-10-28-13-7-19(25)22-16-23(20(26)8-14-29-11-5-2)18-24(17-22)21(27)9-15-30-12-6-3/h4-18H2,1-3H3. The van der Waals surface area contributed by atoms with E-state index in [4.69, 9.17) is 0 Å². The Morgan fingerprint density at radius 1 is 0.533 bits per heavy atom. The SMILES string of the molecule is CCCSCCC(=O)N1CN(C(=O)CCSCCC)CN(C(=O)CCSCCC)C1. The minimum atomic E-state index is 0.0228. The van der Waals surface area contributed by atoms with Gasteiger partial charge in [0.05, 0.1) is 20.0 Å². The summed E-state index contributed by atoms with van der Waals surface area (Å²) in [5.41, 5.74) is 0. The summed E-state index contributed by atoms with van der Waals surface area (Å²) in [6.07, 6.45) is 4.64. The van der Waals surface area contributed by atoms with Crippen LogP contribution in [0.4, 0.5) is 0 Å². The Bertz CT molecular complexity index is 446. The Labute approximate surface area is 195 Å². The van der Waals surface area contributed by atoms with Crippen LogP contribution in [-0.4, -0.2) is 86.9 Å². The van der Waals surface area contributed by atoms with Crippen LogP contribution >= 0.6 is 35.3 Å². The lowest BCUT2D eigenvalue weighted by atomic mass is 10.3. The summed E-state index contributed by atoms with van der Waals surface area (Å²) in [6, 6.07) is 0. The molecule has 1 saturated heterocycles. The molecule has 0 unspecified atom stereocenters. The molecule has 0 spiro atoms. The van der Waals surface area contributed by atoms with E-state index in [2.05, 4.69) is 20.8 Å². The van der Waals surface area contributed by atoms with Gasteiger partial charge in [-0.2, -0.15) is 35.3 Å². The first-order valence-corrected chi connectivity index (χ1v) is 14.6. The summed E-state index contributed by atoms with van der Waals surface area (Å²) in [7, 11) is 0. The number of hydrogen-bond acceptors (Lipinski definition) is 6. The van der Waals surface area contributed by atoms with Crippen molar-refractivity contribution in [3.8, 4) is 0 Å². The highest BCUT2D eigenvalue weighted by molar-refractivity contribution is 7.99. The van der Waals surface area contributed by atoms with Crippen molar-refractivity contribution in [2.45, 2.75) is 59.3 Å². The van der Waals surface area contributed by atoms with Gasteiger partial charge < -0.3 is 14.7 Å². The molecular weight excluding hydrogens is 438 g/mol. The van der Waals surface area contributed by atoms with Gasteiger partial charge in [0, 0.05) is 36.5 Å². The third-order valence-electron chi connectivity index (χ3n) is 4.51. The lowest BCUT2D eigenvalue weighted by molar-refractivity contribution is -0.158. The molecule has 0 aromatic rings. The highest BCUT2D eigenvalue weighted by atomic mass is 32.2. The number of hydrogen-bond donors (Lipinski definition) is 0. The van der Waals surface area contributed by atoms with Crippen molar-refractivity contribution in [3.63, 3.8) is 0 Å². The molecule has 0 radical (unpaired) electrons. The van der Waals surface area contributed by atoms with Crippen LogP contribution < -0.4 is 0 Å². The van der Waals surface area contributed by atoms with E-state index in [1.165, 1.54) is 0 Å². The molecule has 1 aliphatic rings. The first kappa shape index (κ1) is 27.5. The molecule has 1 aliphatic heterocycles. The molecular formula is C21H39N3O3S3. The molecule has 0 saturated carbocycles. The molecule has 0 aromatic heterocycles. The zero-order valence-corrected chi connectivity index (χ0v) is 21.3. The first-order valence-electron chi connectivity index (χ1n) is 11.1. The van der Waals surface area contributed by atoms with Crippen LogP contribution in [0, 0.1) is 0 Å². The van der Waals surface area contributed by atoms with Crippen molar-refractivity contribution in [3.05, 3.63) is 0 Å². The van der Waals surface area contributed by atoms with E-state index in [0.717, 1.165) is 53.8 Å². The van der Waals surface area contributed by atoms with E-state index in [1.807, 2.05) is 0 Å². The van der Waals surface area contributed by atoms with E-state index in [9.17, 15) is 14.4 Å². The second-order valence-electron chi connectivity index (χ2n) is 7.31. The van der Waals surface area contributed by atoms with Crippen LogP contribution in [0.1, 0.15) is 59.3 Å². The maximum Gasteiger partial charge on any atom is 0.226 e. The Morgan fingerprint density at radius 3 is 1.03 bits per heavy atom. The monoisotopic (exact) mass is 477 g/mol. The predicted octanol–water partition coefficient (Wildman–Crippen LogP) is 3.96. The third kappa shape index (κ3) is 11.2. The van der Waals surface area contributed by atoms with Gasteiger partial charge in [0.1, 0.15) is 0 Å². The van der Waals surface area contributed by atoms with Gasteiger partial charge in [-0.3, -0.25) is 14.4 Å². The predicted molar refractivity (Wildman–Crippen MR) is 132 cm³/mol. The maximum atomic E-state index is 12.7. The fourth-order valence-electron chi connectivity index (χ4n) is 2.92. The van der Waals surface area contributed by atoms with Gasteiger partial charge in [0.25, 0.3) is 0 Å². The molecule has 174 valence electrons. The fourth-order valence-corrected chi connectivity index (χ4v) is 5.35. The zero-order chi connectivity index (χ0) is 22.2. The molecule has 0 aliphatic carbocycles. The molecule has 1 fully saturated rings. The average molecular weight is 478 g/mol. The highest BCUT2D eigenvalue weighted by Gasteiger charge is 2.31. The molecule has 0 N–H and O–H groups in total. The number of carbonyl (C=O) groups excluding carboxylic acids is 3. The molecule has 6 nitrogen and oxygen atoms in total. The van der Waals surface area contributed by atoms with E-state index < -0.39 is 0 Å². The molecule has 3 amide bonds. The van der Waals surface area contributed by atoms with Gasteiger partial charge >= 0.3 is 0 Å². The molecule has 9 heteroatoms. The number of rotatable bonds is 15. The van der Waals surface area contributed by atoms with Crippen molar-refractivity contribution in [1.82, 2.24) is 14.7 Å². The van der Waals surface area contributed by atoms with Gasteiger partial charge in [-0.05, 0) is 36.5 Å². The first-order chi connectivity index (χ1) is 14.5. The van der Waals surface area contributed by atoms with Gasteiger partial charge in [-0.15, -0.1) is 0 Å². The Balaban J connectivity index is 2.66. The van der Waals surface area contributed by atoms with Crippen LogP contribution in [0.5, 0.6) is 0 Å². The van der Waals surface area contributed by atoms with Gasteiger partial charge in [-0.1, -0.05) is 20.8 Å². The van der Waals surface area contributed by atoms with Crippen LogP contribution in [-0.2, 0) is 14.4 Å². The Kier molecular flexibility index (Phi) is 15.6. The van der Waals surface area contributed by atoms with E-state index in [1.54, 1.807) is 50.0 Å². The zero-order valence-electron chi connectivity index (χ0n) is 18.9. The fraction of sp³-hybridized carbons (Fsp3) is 0.857. The van der Waals surface area contributed by atoms with E-state index in [0.29, 0.717) is 39.3 Å². The summed E-state index contributed by atoms with van der Waals surface area (Å²) in [5, 5.41) is 0. The number of carbonyl (C=O) groups is 3. The molecule has 0 aromatic carbocycles. The lowest BCUT2D eigenvalue weighted by Crippen LogP contribution is -2.59. The summed E-state index contributed by atoms with van der Waals surface area (Å²) in [5.74, 6) is 5.57. The number of nitrogens with zero attached hydrogens (tertiary/aromatic N) is 3. The third-order valence-corrected chi connectivity index (χ3v) is 8.08. The summed E-state index contributed by atoms with van der Waals surface area (Å²) in [4.78, 5) is 43.2. The van der Waals surface area contributed by atoms with Gasteiger partial charge in [0.2, 0.25) is 17.7 Å². The van der Waals surface area contributed by atoms with Gasteiger partial charge in [0.15, 0.2) is 0 Å². The Morgan fingerprint density at radius 2 is 0.800 bits per heavy atom. The van der Waals surface area contributed by atoms with Crippen molar-refractivity contribution >= 4 is 53.0 Å². The van der Waals surface area contributed by atoms with Gasteiger partial charge in [-0.25, -0.2) is 0 Å². The topological polar surface area (TPSA) is 60.9 Å². The summed E-state index contributed by atoms with van der Waals surface area (Å²) >= 11 is 5.33. The molecule has 1 rings (SSSR count). The quantitative estimate of drug-likeness (QED) is 0.333. The van der Waals surface area contributed by atoms with Crippen molar-refractivity contribution in [2.24, 2.45) is 0 Å². The van der Waals surface area contributed by atoms with E-state index in [-0.39, 0.29) is 17.7 Å². The highest BCUT2D eigenvalue weighted by Crippen LogP contribution is 2.16. The van der Waals surface area contributed by atoms with Crippen molar-refractivity contribution in [2.75, 3.05) is 54.5 Å². The second kappa shape index (κ2) is 17.1. The smallest absolute Gasteiger partial charge is 0.226 e. The van der Waals surface area contributed by atoms with Crippen molar-refractivity contribution < 1.29 is 14.4 Å². The summed E-state index contributed by atoms with van der Waals surface area (Å²) in [6.45, 7) is 7.27. The van der Waals surface area contributed by atoms with Crippen LogP contribution in [0.25, 0.3) is 0 Å². The summed E-state index contributed by atoms with van der Waals surface area (Å²) < 4.78 is 0. The van der Waals surface area contributed by atoms with Crippen LogP contribution in [0.2, 0.25) is 0 Å². The normalized spacial score (nSPS) is 14.3. The minimum Gasteiger partial charge on any atom is -0.307 e.